The highest BCUT2D eigenvalue weighted by atomic mass is 79.9. The molecule has 1 unspecified atom stereocenters. The minimum Gasteiger partial charge on any atom is -0.376 e. The number of rotatable bonds is 2. The molecule has 0 amide bonds. The summed E-state index contributed by atoms with van der Waals surface area (Å²) in [4.78, 5) is 5.68. The summed E-state index contributed by atoms with van der Waals surface area (Å²) in [7, 11) is 0. The maximum absolute atomic E-state index is 6.17. The molecule has 0 saturated heterocycles. The molecule has 1 aliphatic rings. The van der Waals surface area contributed by atoms with Crippen molar-refractivity contribution in [1.82, 2.24) is 4.98 Å². The summed E-state index contributed by atoms with van der Waals surface area (Å²) in [5, 5.41) is 4.10. The molecule has 0 aromatic carbocycles. The van der Waals surface area contributed by atoms with Gasteiger partial charge in [0.25, 0.3) is 0 Å². The van der Waals surface area contributed by atoms with Gasteiger partial charge < -0.3 is 5.32 Å². The molecule has 2 aromatic heterocycles. The predicted octanol–water partition coefficient (Wildman–Crippen LogP) is 5.36. The lowest BCUT2D eigenvalue weighted by atomic mass is 9.94. The first-order valence-corrected chi connectivity index (χ1v) is 8.29. The van der Waals surface area contributed by atoms with Crippen LogP contribution in [0.4, 0.5) is 5.69 Å². The zero-order valence-corrected chi connectivity index (χ0v) is 13.7. The Hall–Kier alpha value is -0.580. The number of pyridine rings is 1. The second kappa shape index (κ2) is 5.43. The maximum atomic E-state index is 6.17. The molecule has 1 N–H and O–H groups in total. The third-order valence-corrected chi connectivity index (χ3v) is 5.40. The molecule has 100 valence electrons. The SMILES string of the molecule is Cc1cnc(Cl)c(NC2CCCc3sc(Br)cc32)c1. The first kappa shape index (κ1) is 13.4. The molecule has 2 nitrogen and oxygen atoms in total. The van der Waals surface area contributed by atoms with Gasteiger partial charge in [0, 0.05) is 11.1 Å². The van der Waals surface area contributed by atoms with Crippen molar-refractivity contribution in [2.24, 2.45) is 0 Å². The van der Waals surface area contributed by atoms with Gasteiger partial charge in [0.15, 0.2) is 5.15 Å². The lowest BCUT2D eigenvalue weighted by molar-refractivity contribution is 0.608. The minimum atomic E-state index is 0.340. The highest BCUT2D eigenvalue weighted by Gasteiger charge is 2.23. The van der Waals surface area contributed by atoms with E-state index < -0.39 is 0 Å². The first-order chi connectivity index (χ1) is 9.13. The van der Waals surface area contributed by atoms with Crippen LogP contribution in [0, 0.1) is 6.92 Å². The van der Waals surface area contributed by atoms with Crippen LogP contribution in [0.5, 0.6) is 0 Å². The fourth-order valence-corrected chi connectivity index (χ4v) is 4.49. The minimum absolute atomic E-state index is 0.340. The van der Waals surface area contributed by atoms with E-state index in [1.807, 2.05) is 18.3 Å². The Labute approximate surface area is 130 Å². The van der Waals surface area contributed by atoms with Crippen molar-refractivity contribution in [3.8, 4) is 0 Å². The monoisotopic (exact) mass is 356 g/mol. The number of fused-ring (bicyclic) bond motifs is 1. The molecule has 0 aliphatic heterocycles. The quantitative estimate of drug-likeness (QED) is 0.732. The number of hydrogen-bond donors (Lipinski definition) is 1. The van der Waals surface area contributed by atoms with Gasteiger partial charge >= 0.3 is 0 Å². The van der Waals surface area contributed by atoms with Crippen molar-refractivity contribution in [1.29, 1.82) is 0 Å². The van der Waals surface area contributed by atoms with Gasteiger partial charge in [-0.05, 0) is 65.4 Å². The van der Waals surface area contributed by atoms with Crippen molar-refractivity contribution in [2.45, 2.75) is 32.2 Å². The van der Waals surface area contributed by atoms with E-state index in [9.17, 15) is 0 Å². The smallest absolute Gasteiger partial charge is 0.152 e. The second-order valence-electron chi connectivity index (χ2n) is 4.87. The van der Waals surface area contributed by atoms with Crippen LogP contribution < -0.4 is 5.32 Å². The lowest BCUT2D eigenvalue weighted by Crippen LogP contribution is -2.16. The van der Waals surface area contributed by atoms with Crippen LogP contribution in [0.15, 0.2) is 22.1 Å². The number of aromatic nitrogens is 1. The fraction of sp³-hybridized carbons (Fsp3) is 0.357. The van der Waals surface area contributed by atoms with E-state index in [0.717, 1.165) is 17.7 Å². The van der Waals surface area contributed by atoms with Crippen LogP contribution in [-0.2, 0) is 6.42 Å². The molecule has 0 spiro atoms. The van der Waals surface area contributed by atoms with E-state index in [2.05, 4.69) is 38.4 Å². The van der Waals surface area contributed by atoms with Crippen LogP contribution in [0.3, 0.4) is 0 Å². The summed E-state index contributed by atoms with van der Waals surface area (Å²) in [6, 6.07) is 4.63. The molecule has 0 saturated carbocycles. The summed E-state index contributed by atoms with van der Waals surface area (Å²) in [5.41, 5.74) is 3.46. The standard InChI is InChI=1S/C14H14BrClN2S/c1-8-5-11(14(16)17-7-8)18-10-3-2-4-12-9(10)6-13(15)19-12/h5-7,10,18H,2-4H2,1H3. The summed E-state index contributed by atoms with van der Waals surface area (Å²) in [5.74, 6) is 0. The van der Waals surface area contributed by atoms with E-state index >= 15 is 0 Å². The number of hydrogen-bond acceptors (Lipinski definition) is 3. The zero-order valence-electron chi connectivity index (χ0n) is 10.5. The zero-order chi connectivity index (χ0) is 13.4. The van der Waals surface area contributed by atoms with E-state index in [-0.39, 0.29) is 0 Å². The Morgan fingerprint density at radius 3 is 3.16 bits per heavy atom. The van der Waals surface area contributed by atoms with E-state index in [0.29, 0.717) is 11.2 Å². The van der Waals surface area contributed by atoms with Crippen LogP contribution in [0.1, 0.15) is 34.9 Å². The Kier molecular flexibility index (Phi) is 3.83. The summed E-state index contributed by atoms with van der Waals surface area (Å²) in [6.07, 6.45) is 5.33. The normalized spacial score (nSPS) is 18.2. The Morgan fingerprint density at radius 1 is 1.47 bits per heavy atom. The van der Waals surface area contributed by atoms with Gasteiger partial charge in [-0.15, -0.1) is 11.3 Å². The molecular weight excluding hydrogens is 344 g/mol. The van der Waals surface area contributed by atoms with Crippen LogP contribution >= 0.6 is 38.9 Å². The summed E-state index contributed by atoms with van der Waals surface area (Å²) < 4.78 is 1.21. The number of aryl methyl sites for hydroxylation is 2. The lowest BCUT2D eigenvalue weighted by Gasteiger charge is -2.25. The average Bonchev–Trinajstić information content (AvgIpc) is 2.75. The molecule has 2 aromatic rings. The molecule has 0 bridgehead atoms. The largest absolute Gasteiger partial charge is 0.376 e. The third-order valence-electron chi connectivity index (χ3n) is 3.39. The summed E-state index contributed by atoms with van der Waals surface area (Å²) in [6.45, 7) is 2.03. The summed E-state index contributed by atoms with van der Waals surface area (Å²) >= 11 is 11.6. The van der Waals surface area contributed by atoms with Crippen molar-refractivity contribution >= 4 is 44.6 Å². The van der Waals surface area contributed by atoms with Crippen molar-refractivity contribution < 1.29 is 0 Å². The maximum Gasteiger partial charge on any atom is 0.152 e. The number of halogens is 2. The van der Waals surface area contributed by atoms with Crippen molar-refractivity contribution in [3.05, 3.63) is 43.3 Å². The molecule has 19 heavy (non-hydrogen) atoms. The molecule has 5 heteroatoms. The molecule has 2 heterocycles. The molecule has 1 atom stereocenters. The molecule has 3 rings (SSSR count). The van der Waals surface area contributed by atoms with E-state index in [1.54, 1.807) is 6.20 Å². The van der Waals surface area contributed by atoms with Gasteiger partial charge in [0.1, 0.15) is 0 Å². The third kappa shape index (κ3) is 2.81. The van der Waals surface area contributed by atoms with Gasteiger partial charge in [-0.25, -0.2) is 4.98 Å². The van der Waals surface area contributed by atoms with Gasteiger partial charge in [-0.3, -0.25) is 0 Å². The first-order valence-electron chi connectivity index (χ1n) is 6.30. The highest BCUT2D eigenvalue weighted by molar-refractivity contribution is 9.11. The Morgan fingerprint density at radius 2 is 2.32 bits per heavy atom. The number of nitrogens with one attached hydrogen (secondary N) is 1. The van der Waals surface area contributed by atoms with Crippen molar-refractivity contribution in [3.63, 3.8) is 0 Å². The average molecular weight is 358 g/mol. The van der Waals surface area contributed by atoms with Gasteiger partial charge in [0.05, 0.1) is 15.5 Å². The van der Waals surface area contributed by atoms with E-state index in [4.69, 9.17) is 11.6 Å². The van der Waals surface area contributed by atoms with Crippen LogP contribution in [-0.4, -0.2) is 4.98 Å². The number of nitrogens with zero attached hydrogens (tertiary/aromatic N) is 1. The van der Waals surface area contributed by atoms with E-state index in [1.165, 1.54) is 27.1 Å². The molecule has 0 fully saturated rings. The van der Waals surface area contributed by atoms with Gasteiger partial charge in [-0.1, -0.05) is 11.6 Å². The molecule has 0 radical (unpaired) electrons. The molecular formula is C14H14BrClN2S. The van der Waals surface area contributed by atoms with Gasteiger partial charge in [-0.2, -0.15) is 0 Å². The van der Waals surface area contributed by atoms with Crippen molar-refractivity contribution in [2.75, 3.05) is 5.32 Å². The highest BCUT2D eigenvalue weighted by Crippen LogP contribution is 2.40. The fourth-order valence-electron chi connectivity index (χ4n) is 2.51. The Balaban J connectivity index is 1.90. The van der Waals surface area contributed by atoms with Crippen LogP contribution in [0.2, 0.25) is 5.15 Å². The molecule has 1 aliphatic carbocycles. The topological polar surface area (TPSA) is 24.9 Å². The van der Waals surface area contributed by atoms with Crippen LogP contribution in [0.25, 0.3) is 0 Å². The van der Waals surface area contributed by atoms with Gasteiger partial charge in [0.2, 0.25) is 0 Å². The number of anilines is 1. The number of thiophene rings is 1. The Bertz CT molecular complexity index is 611. The second-order valence-corrected chi connectivity index (χ2v) is 7.74. The predicted molar refractivity (Wildman–Crippen MR) is 85.3 cm³/mol.